The van der Waals surface area contributed by atoms with E-state index in [2.05, 4.69) is 41.4 Å². The van der Waals surface area contributed by atoms with Crippen molar-refractivity contribution in [1.29, 1.82) is 0 Å². The number of aliphatic imine (C=N–C) groups is 1. The van der Waals surface area contributed by atoms with Crippen LogP contribution < -0.4 is 0 Å². The first-order valence-electron chi connectivity index (χ1n) is 8.81. The Hall–Kier alpha value is -2.16. The number of hydrogen-bond donors (Lipinski definition) is 0. The summed E-state index contributed by atoms with van der Waals surface area (Å²) >= 11 is 0. The van der Waals surface area contributed by atoms with Crippen LogP contribution in [0.2, 0.25) is 0 Å². The minimum atomic E-state index is -0.659. The lowest BCUT2D eigenvalue weighted by molar-refractivity contribution is -0.152. The molecule has 0 N–H and O–H groups in total. The van der Waals surface area contributed by atoms with E-state index >= 15 is 0 Å². The maximum absolute atomic E-state index is 13.0. The van der Waals surface area contributed by atoms with Crippen LogP contribution in [0.3, 0.4) is 0 Å². The smallest absolute Gasteiger partial charge is 0.318 e. The molecule has 1 aromatic carbocycles. The third-order valence-electron chi connectivity index (χ3n) is 5.73. The van der Waals surface area contributed by atoms with Gasteiger partial charge >= 0.3 is 5.97 Å². The second-order valence-corrected chi connectivity index (χ2v) is 6.89. The molecule has 4 aliphatic rings. The summed E-state index contributed by atoms with van der Waals surface area (Å²) in [6.07, 6.45) is 9.24. The number of carbonyl (C=O) groups excluding carboxylic acids is 1. The van der Waals surface area contributed by atoms with E-state index in [1.165, 1.54) is 22.3 Å². The number of benzene rings is 1. The van der Waals surface area contributed by atoms with Crippen LogP contribution in [0.4, 0.5) is 0 Å². The van der Waals surface area contributed by atoms with E-state index in [-0.39, 0.29) is 17.8 Å². The molecule has 24 heavy (non-hydrogen) atoms. The Kier molecular flexibility index (Phi) is 3.67. The molecule has 3 nitrogen and oxygen atoms in total. The predicted molar refractivity (Wildman–Crippen MR) is 95.4 cm³/mol. The SMILES string of the molecule is CCOC(=O)C1(/C=N/C)CC2C3=C(CCC=C3)C1c1ccccc12. The van der Waals surface area contributed by atoms with Gasteiger partial charge in [0.05, 0.1) is 6.61 Å². The van der Waals surface area contributed by atoms with Gasteiger partial charge in [0.25, 0.3) is 0 Å². The number of nitrogens with zero attached hydrogens (tertiary/aromatic N) is 1. The first kappa shape index (κ1) is 15.4. The monoisotopic (exact) mass is 321 g/mol. The van der Waals surface area contributed by atoms with Crippen molar-refractivity contribution in [3.8, 4) is 0 Å². The zero-order chi connectivity index (χ0) is 16.7. The number of allylic oxidation sites excluding steroid dienone is 4. The average molecular weight is 321 g/mol. The van der Waals surface area contributed by atoms with Gasteiger partial charge in [-0.15, -0.1) is 0 Å². The first-order valence-corrected chi connectivity index (χ1v) is 8.81. The molecule has 0 aliphatic heterocycles. The molecule has 3 heteroatoms. The summed E-state index contributed by atoms with van der Waals surface area (Å²) in [5.74, 6) is 0.197. The number of hydrogen-bond acceptors (Lipinski definition) is 3. The molecule has 0 fully saturated rings. The van der Waals surface area contributed by atoms with E-state index in [4.69, 9.17) is 4.74 Å². The Bertz CT molecular complexity index is 774. The van der Waals surface area contributed by atoms with Crippen molar-refractivity contribution >= 4 is 12.2 Å². The van der Waals surface area contributed by atoms with Gasteiger partial charge < -0.3 is 4.74 Å². The lowest BCUT2D eigenvalue weighted by Gasteiger charge is -2.51. The van der Waals surface area contributed by atoms with Gasteiger partial charge in [0.15, 0.2) is 0 Å². The van der Waals surface area contributed by atoms with Gasteiger partial charge in [0.2, 0.25) is 0 Å². The zero-order valence-corrected chi connectivity index (χ0v) is 14.3. The minimum Gasteiger partial charge on any atom is -0.465 e. The Morgan fingerprint density at radius 3 is 2.92 bits per heavy atom. The van der Waals surface area contributed by atoms with Gasteiger partial charge in [0.1, 0.15) is 5.41 Å². The lowest BCUT2D eigenvalue weighted by atomic mass is 9.51. The number of carbonyl (C=O) groups is 1. The molecule has 0 saturated heterocycles. The van der Waals surface area contributed by atoms with Crippen LogP contribution in [0, 0.1) is 5.41 Å². The molecule has 0 saturated carbocycles. The molecule has 124 valence electrons. The normalized spacial score (nSPS) is 30.4. The fourth-order valence-corrected chi connectivity index (χ4v) is 4.94. The molecule has 0 radical (unpaired) electrons. The van der Waals surface area contributed by atoms with E-state index in [9.17, 15) is 4.79 Å². The molecule has 5 rings (SSSR count). The number of ether oxygens (including phenoxy) is 1. The molecule has 3 unspecified atom stereocenters. The van der Waals surface area contributed by atoms with Crippen LogP contribution in [0.5, 0.6) is 0 Å². The summed E-state index contributed by atoms with van der Waals surface area (Å²) in [7, 11) is 1.76. The maximum Gasteiger partial charge on any atom is 0.318 e. The molecule has 2 bridgehead atoms. The highest BCUT2D eigenvalue weighted by Crippen LogP contribution is 2.62. The highest BCUT2D eigenvalue weighted by Gasteiger charge is 2.57. The second kappa shape index (κ2) is 5.73. The van der Waals surface area contributed by atoms with Gasteiger partial charge in [-0.25, -0.2) is 0 Å². The molecule has 0 amide bonds. The van der Waals surface area contributed by atoms with Crippen molar-refractivity contribution in [2.75, 3.05) is 13.7 Å². The van der Waals surface area contributed by atoms with Crippen LogP contribution in [0.1, 0.15) is 49.1 Å². The quantitative estimate of drug-likeness (QED) is 0.619. The number of rotatable bonds is 3. The van der Waals surface area contributed by atoms with Gasteiger partial charge in [-0.3, -0.25) is 9.79 Å². The molecule has 1 aromatic rings. The van der Waals surface area contributed by atoms with E-state index in [0.717, 1.165) is 19.3 Å². The van der Waals surface area contributed by atoms with Crippen molar-refractivity contribution < 1.29 is 9.53 Å². The molecule has 0 spiro atoms. The zero-order valence-electron chi connectivity index (χ0n) is 14.3. The van der Waals surface area contributed by atoms with Gasteiger partial charge in [-0.2, -0.15) is 0 Å². The summed E-state index contributed by atoms with van der Waals surface area (Å²) in [6, 6.07) is 8.59. The minimum absolute atomic E-state index is 0.0569. The fraction of sp³-hybridized carbons (Fsp3) is 0.429. The van der Waals surface area contributed by atoms with E-state index in [0.29, 0.717) is 6.61 Å². The highest BCUT2D eigenvalue weighted by molar-refractivity contribution is 5.98. The van der Waals surface area contributed by atoms with Crippen LogP contribution >= 0.6 is 0 Å². The van der Waals surface area contributed by atoms with E-state index < -0.39 is 5.41 Å². The topological polar surface area (TPSA) is 38.7 Å². The fourth-order valence-electron chi connectivity index (χ4n) is 4.94. The van der Waals surface area contributed by atoms with Crippen LogP contribution in [0.15, 0.2) is 52.6 Å². The van der Waals surface area contributed by atoms with Gasteiger partial charge in [-0.05, 0) is 42.9 Å². The van der Waals surface area contributed by atoms with Crippen molar-refractivity contribution in [2.45, 2.75) is 38.0 Å². The largest absolute Gasteiger partial charge is 0.465 e. The summed E-state index contributed by atoms with van der Waals surface area (Å²) in [4.78, 5) is 17.3. The van der Waals surface area contributed by atoms with Crippen molar-refractivity contribution in [3.63, 3.8) is 0 Å². The van der Waals surface area contributed by atoms with Crippen LogP contribution in [0.25, 0.3) is 0 Å². The first-order chi connectivity index (χ1) is 11.7. The maximum atomic E-state index is 13.0. The Morgan fingerprint density at radius 2 is 2.17 bits per heavy atom. The molecule has 3 atom stereocenters. The summed E-state index contributed by atoms with van der Waals surface area (Å²) in [6.45, 7) is 2.28. The van der Waals surface area contributed by atoms with Gasteiger partial charge in [-0.1, -0.05) is 42.0 Å². The second-order valence-electron chi connectivity index (χ2n) is 6.89. The third kappa shape index (κ3) is 1.97. The van der Waals surface area contributed by atoms with Crippen LogP contribution in [-0.4, -0.2) is 25.8 Å². The molecular weight excluding hydrogens is 298 g/mol. The number of fused-ring (bicyclic) bond motifs is 1. The van der Waals surface area contributed by atoms with Crippen molar-refractivity contribution in [1.82, 2.24) is 0 Å². The molecule has 0 aromatic heterocycles. The van der Waals surface area contributed by atoms with Crippen molar-refractivity contribution in [3.05, 3.63) is 58.7 Å². The number of esters is 1. The van der Waals surface area contributed by atoms with Gasteiger partial charge in [0, 0.05) is 25.1 Å². The molecule has 0 heterocycles. The summed E-state index contributed by atoms with van der Waals surface area (Å²) < 4.78 is 5.51. The van der Waals surface area contributed by atoms with E-state index in [1.54, 1.807) is 7.05 Å². The Balaban J connectivity index is 1.95. The summed E-state index contributed by atoms with van der Waals surface area (Å²) in [5.41, 5.74) is 4.84. The Morgan fingerprint density at radius 1 is 1.38 bits per heavy atom. The molecular formula is C21H23NO2. The van der Waals surface area contributed by atoms with Crippen LogP contribution in [-0.2, 0) is 9.53 Å². The Labute approximate surface area is 143 Å². The van der Waals surface area contributed by atoms with E-state index in [1.807, 2.05) is 13.1 Å². The average Bonchev–Trinajstić information content (AvgIpc) is 2.62. The van der Waals surface area contributed by atoms with Crippen molar-refractivity contribution in [2.24, 2.45) is 10.4 Å². The standard InChI is InChI=1S/C21H23NO2/c1-3-24-20(23)21(13-22-2)12-18-14-8-4-6-10-16(14)19(21)17-11-7-5-9-15(17)18/h4-6,8-10,13,18-19H,3,7,11-12H2,1-2H3/b22-13+. The highest BCUT2D eigenvalue weighted by atomic mass is 16.5. The summed E-state index contributed by atoms with van der Waals surface area (Å²) in [5, 5.41) is 0. The third-order valence-corrected chi connectivity index (χ3v) is 5.73. The molecule has 4 aliphatic carbocycles. The lowest BCUT2D eigenvalue weighted by Crippen LogP contribution is -2.49. The predicted octanol–water partition coefficient (Wildman–Crippen LogP) is 4.17.